The predicted octanol–water partition coefficient (Wildman–Crippen LogP) is 3.18. The van der Waals surface area contributed by atoms with Crippen molar-refractivity contribution in [3.05, 3.63) is 34.1 Å². The van der Waals surface area contributed by atoms with E-state index in [4.69, 9.17) is 5.11 Å². The van der Waals surface area contributed by atoms with E-state index in [-0.39, 0.29) is 17.7 Å². The molecule has 0 heterocycles. The van der Waals surface area contributed by atoms with Gasteiger partial charge in [0.05, 0.1) is 5.92 Å². The lowest BCUT2D eigenvalue weighted by atomic mass is 9.96. The Morgan fingerprint density at radius 2 is 2.26 bits per heavy atom. The summed E-state index contributed by atoms with van der Waals surface area (Å²) in [7, 11) is 0. The Labute approximate surface area is 120 Å². The maximum absolute atomic E-state index is 13.1. The topological polar surface area (TPSA) is 49.3 Å². The van der Waals surface area contributed by atoms with Gasteiger partial charge in [-0.1, -0.05) is 22.4 Å². The van der Waals surface area contributed by atoms with Crippen LogP contribution in [-0.2, 0) is 11.3 Å². The molecule has 0 bridgehead atoms. The first-order valence-electron chi connectivity index (χ1n) is 6.45. The number of aliphatic carboxylic acids is 1. The third-order valence-corrected chi connectivity index (χ3v) is 4.48. The van der Waals surface area contributed by atoms with E-state index >= 15 is 0 Å². The molecule has 0 aliphatic heterocycles. The minimum atomic E-state index is -0.698. The lowest BCUT2D eigenvalue weighted by Gasteiger charge is -2.16. The molecule has 1 aromatic rings. The number of benzene rings is 1. The first kappa shape index (κ1) is 14.5. The summed E-state index contributed by atoms with van der Waals surface area (Å²) in [5.41, 5.74) is 0.852. The molecule has 5 heteroatoms. The molecule has 1 aromatic carbocycles. The van der Waals surface area contributed by atoms with E-state index in [0.29, 0.717) is 13.1 Å². The summed E-state index contributed by atoms with van der Waals surface area (Å²) in [5.74, 6) is -1.01. The second-order valence-electron chi connectivity index (χ2n) is 5.00. The van der Waals surface area contributed by atoms with Crippen molar-refractivity contribution in [3.63, 3.8) is 0 Å². The maximum Gasteiger partial charge on any atom is 0.306 e. The molecule has 0 radical (unpaired) electrons. The molecule has 104 valence electrons. The quantitative estimate of drug-likeness (QED) is 0.872. The lowest BCUT2D eigenvalue weighted by molar-refractivity contribution is -0.142. The van der Waals surface area contributed by atoms with Crippen LogP contribution in [0.1, 0.15) is 24.8 Å². The number of nitrogens with one attached hydrogen (secondary N) is 1. The second-order valence-corrected chi connectivity index (χ2v) is 5.86. The third kappa shape index (κ3) is 3.76. The zero-order valence-corrected chi connectivity index (χ0v) is 12.1. The zero-order chi connectivity index (χ0) is 13.8. The smallest absolute Gasteiger partial charge is 0.306 e. The summed E-state index contributed by atoms with van der Waals surface area (Å²) >= 11 is 3.38. The average Bonchev–Trinajstić information content (AvgIpc) is 2.82. The summed E-state index contributed by atoms with van der Waals surface area (Å²) in [6, 6.07) is 4.58. The van der Waals surface area contributed by atoms with E-state index in [2.05, 4.69) is 21.2 Å². The highest BCUT2D eigenvalue weighted by Gasteiger charge is 2.32. The molecule has 1 aliphatic rings. The summed E-state index contributed by atoms with van der Waals surface area (Å²) in [4.78, 5) is 11.1. The summed E-state index contributed by atoms with van der Waals surface area (Å²) in [6.45, 7) is 1.21. The van der Waals surface area contributed by atoms with Gasteiger partial charge >= 0.3 is 5.97 Å². The van der Waals surface area contributed by atoms with E-state index < -0.39 is 5.97 Å². The van der Waals surface area contributed by atoms with Crippen molar-refractivity contribution in [2.24, 2.45) is 11.8 Å². The molecule has 0 aromatic heterocycles. The summed E-state index contributed by atoms with van der Waals surface area (Å²) < 4.78 is 14.0. The Bertz CT molecular complexity index is 467. The molecular formula is C14H17BrFNO2. The van der Waals surface area contributed by atoms with Gasteiger partial charge in [-0.2, -0.15) is 0 Å². The number of carbonyl (C=O) groups is 1. The summed E-state index contributed by atoms with van der Waals surface area (Å²) in [5, 5.41) is 12.3. The normalized spacial score (nSPS) is 22.6. The Kier molecular flexibility index (Phi) is 4.93. The number of carboxylic acid groups (broad SMARTS) is 1. The van der Waals surface area contributed by atoms with Crippen molar-refractivity contribution in [1.29, 1.82) is 0 Å². The molecule has 2 N–H and O–H groups in total. The van der Waals surface area contributed by atoms with Crippen LogP contribution >= 0.6 is 15.9 Å². The molecule has 1 aliphatic carbocycles. The molecule has 1 saturated carbocycles. The molecule has 1 fully saturated rings. The lowest BCUT2D eigenvalue weighted by Crippen LogP contribution is -2.28. The van der Waals surface area contributed by atoms with Gasteiger partial charge in [0.15, 0.2) is 0 Å². The molecule has 2 rings (SSSR count). The predicted molar refractivity (Wildman–Crippen MR) is 74.3 cm³/mol. The molecule has 2 unspecified atom stereocenters. The Morgan fingerprint density at radius 3 is 3.00 bits per heavy atom. The van der Waals surface area contributed by atoms with Crippen LogP contribution in [0.4, 0.5) is 4.39 Å². The average molecular weight is 330 g/mol. The van der Waals surface area contributed by atoms with Crippen LogP contribution in [0.2, 0.25) is 0 Å². The van der Waals surface area contributed by atoms with Gasteiger partial charge in [-0.05, 0) is 49.1 Å². The second kappa shape index (κ2) is 6.48. The fourth-order valence-corrected chi connectivity index (χ4v) is 3.06. The van der Waals surface area contributed by atoms with Crippen molar-refractivity contribution in [1.82, 2.24) is 5.32 Å². The van der Waals surface area contributed by atoms with Crippen molar-refractivity contribution < 1.29 is 14.3 Å². The minimum absolute atomic E-state index is 0.185. The van der Waals surface area contributed by atoms with Gasteiger partial charge in [0.1, 0.15) is 5.82 Å². The number of halogens is 2. The number of carboxylic acids is 1. The highest BCUT2D eigenvalue weighted by Crippen LogP contribution is 2.31. The van der Waals surface area contributed by atoms with E-state index in [1.165, 1.54) is 12.1 Å². The van der Waals surface area contributed by atoms with Crippen LogP contribution in [0.15, 0.2) is 22.7 Å². The summed E-state index contributed by atoms with van der Waals surface area (Å²) in [6.07, 6.45) is 2.70. The largest absolute Gasteiger partial charge is 0.481 e. The van der Waals surface area contributed by atoms with Gasteiger partial charge in [0, 0.05) is 11.0 Å². The first-order valence-corrected chi connectivity index (χ1v) is 7.24. The highest BCUT2D eigenvalue weighted by atomic mass is 79.9. The third-order valence-electron chi connectivity index (χ3n) is 3.71. The number of rotatable bonds is 5. The first-order chi connectivity index (χ1) is 9.08. The van der Waals surface area contributed by atoms with Gasteiger partial charge in [0.25, 0.3) is 0 Å². The molecular weight excluding hydrogens is 313 g/mol. The van der Waals surface area contributed by atoms with Crippen molar-refractivity contribution in [3.8, 4) is 0 Å². The van der Waals surface area contributed by atoms with E-state index in [1.807, 2.05) is 0 Å². The van der Waals surface area contributed by atoms with Gasteiger partial charge in [-0.25, -0.2) is 4.39 Å². The van der Waals surface area contributed by atoms with Gasteiger partial charge in [-0.3, -0.25) is 4.79 Å². The SMILES string of the molecule is O=C(O)C1CCCC1CNCc1cc(F)ccc1Br. The standard InChI is InChI=1S/C14H17BrFNO2/c15-13-5-4-11(16)6-10(13)8-17-7-9-2-1-3-12(9)14(18)19/h4-6,9,12,17H,1-3,7-8H2,(H,18,19). The molecule has 2 atom stereocenters. The van der Waals surface area contributed by atoms with Crippen LogP contribution in [0, 0.1) is 17.7 Å². The number of hydrogen-bond acceptors (Lipinski definition) is 2. The molecule has 0 spiro atoms. The minimum Gasteiger partial charge on any atom is -0.481 e. The molecule has 3 nitrogen and oxygen atoms in total. The van der Waals surface area contributed by atoms with E-state index in [0.717, 1.165) is 29.3 Å². The highest BCUT2D eigenvalue weighted by molar-refractivity contribution is 9.10. The van der Waals surface area contributed by atoms with Crippen LogP contribution in [0.5, 0.6) is 0 Å². The van der Waals surface area contributed by atoms with E-state index in [9.17, 15) is 9.18 Å². The fraction of sp³-hybridized carbons (Fsp3) is 0.500. The van der Waals surface area contributed by atoms with Gasteiger partial charge < -0.3 is 10.4 Å². The Hall–Kier alpha value is -0.940. The maximum atomic E-state index is 13.1. The fourth-order valence-electron chi connectivity index (χ4n) is 2.68. The van der Waals surface area contributed by atoms with Gasteiger partial charge in [0.2, 0.25) is 0 Å². The van der Waals surface area contributed by atoms with Crippen LogP contribution in [0.25, 0.3) is 0 Å². The number of hydrogen-bond donors (Lipinski definition) is 2. The Morgan fingerprint density at radius 1 is 1.47 bits per heavy atom. The Balaban J connectivity index is 1.86. The van der Waals surface area contributed by atoms with Gasteiger partial charge in [-0.15, -0.1) is 0 Å². The van der Waals surface area contributed by atoms with Crippen molar-refractivity contribution in [2.45, 2.75) is 25.8 Å². The van der Waals surface area contributed by atoms with Crippen molar-refractivity contribution >= 4 is 21.9 Å². The van der Waals surface area contributed by atoms with Crippen LogP contribution in [0.3, 0.4) is 0 Å². The molecule has 0 saturated heterocycles. The monoisotopic (exact) mass is 329 g/mol. The van der Waals surface area contributed by atoms with Crippen LogP contribution < -0.4 is 5.32 Å². The molecule has 19 heavy (non-hydrogen) atoms. The van der Waals surface area contributed by atoms with Crippen molar-refractivity contribution in [2.75, 3.05) is 6.54 Å². The zero-order valence-electron chi connectivity index (χ0n) is 10.5. The molecule has 0 amide bonds. The van der Waals surface area contributed by atoms with E-state index in [1.54, 1.807) is 6.07 Å². The van der Waals surface area contributed by atoms with Crippen LogP contribution in [-0.4, -0.2) is 17.6 Å².